The van der Waals surface area contributed by atoms with E-state index in [1.165, 1.54) is 0 Å². The summed E-state index contributed by atoms with van der Waals surface area (Å²) in [7, 11) is 0. The molecular formula is C44H59N5O4. The summed E-state index contributed by atoms with van der Waals surface area (Å²) >= 11 is 0. The monoisotopic (exact) mass is 721 g/mol. The largest absolute Gasteiger partial charge is 0.363 e. The van der Waals surface area contributed by atoms with Gasteiger partial charge in [0.2, 0.25) is 23.6 Å². The quantitative estimate of drug-likeness (QED) is 0.208. The number of carbonyl (C=O) groups is 4. The fourth-order valence-corrected chi connectivity index (χ4v) is 7.00. The van der Waals surface area contributed by atoms with Crippen LogP contribution < -0.4 is 15.5 Å². The van der Waals surface area contributed by atoms with Crippen molar-refractivity contribution < 1.29 is 19.2 Å². The summed E-state index contributed by atoms with van der Waals surface area (Å²) in [4.78, 5) is 59.0. The molecule has 0 spiro atoms. The van der Waals surface area contributed by atoms with E-state index in [9.17, 15) is 19.2 Å². The predicted octanol–water partition coefficient (Wildman–Crippen LogP) is 8.12. The molecule has 2 fully saturated rings. The van der Waals surface area contributed by atoms with E-state index in [0.29, 0.717) is 50.4 Å². The maximum atomic E-state index is 13.3. The van der Waals surface area contributed by atoms with Crippen LogP contribution in [0.15, 0.2) is 78.9 Å². The highest BCUT2D eigenvalue weighted by Gasteiger charge is 2.40. The number of nitrogens with zero attached hydrogens (tertiary/aromatic N) is 3. The average molecular weight is 722 g/mol. The molecule has 2 N–H and O–H groups in total. The van der Waals surface area contributed by atoms with E-state index < -0.39 is 12.1 Å². The summed E-state index contributed by atoms with van der Waals surface area (Å²) in [6.07, 6.45) is 2.99. The lowest BCUT2D eigenvalue weighted by Crippen LogP contribution is -2.47. The Morgan fingerprint density at radius 1 is 0.623 bits per heavy atom. The molecule has 0 saturated carbocycles. The lowest BCUT2D eigenvalue weighted by molar-refractivity contribution is -0.142. The maximum Gasteiger partial charge on any atom is 0.247 e. The van der Waals surface area contributed by atoms with Gasteiger partial charge in [0.1, 0.15) is 12.1 Å². The molecule has 4 amide bonds. The van der Waals surface area contributed by atoms with Gasteiger partial charge in [0, 0.05) is 55.1 Å². The minimum absolute atomic E-state index is 0.0424. The number of rotatable bonds is 11. The Bertz CT molecular complexity index is 1620. The topological polar surface area (TPSA) is 102 Å². The highest BCUT2D eigenvalue weighted by Crippen LogP contribution is 2.32. The Morgan fingerprint density at radius 3 is 1.36 bits per heavy atom. The van der Waals surface area contributed by atoms with Gasteiger partial charge in [0.15, 0.2) is 0 Å². The highest BCUT2D eigenvalue weighted by molar-refractivity contribution is 5.98. The van der Waals surface area contributed by atoms with Crippen molar-refractivity contribution in [2.45, 2.75) is 106 Å². The van der Waals surface area contributed by atoms with Crippen LogP contribution in [0.3, 0.4) is 0 Å². The van der Waals surface area contributed by atoms with Crippen LogP contribution in [-0.2, 0) is 32.3 Å². The van der Waals surface area contributed by atoms with Crippen LogP contribution in [0.4, 0.5) is 17.1 Å². The first-order chi connectivity index (χ1) is 25.0. The zero-order chi connectivity index (χ0) is 38.5. The number of hydrogen-bond donors (Lipinski definition) is 2. The number of hydrogen-bond acceptors (Lipinski definition) is 5. The molecule has 2 aliphatic rings. The third-order valence-corrected chi connectivity index (χ3v) is 11.3. The molecule has 2 aliphatic heterocycles. The van der Waals surface area contributed by atoms with Gasteiger partial charge < -0.3 is 25.3 Å². The molecule has 284 valence electrons. The van der Waals surface area contributed by atoms with Gasteiger partial charge in [0.05, 0.1) is 0 Å². The number of carbonyl (C=O) groups excluding carboxylic acids is 4. The molecule has 4 unspecified atom stereocenters. The predicted molar refractivity (Wildman–Crippen MR) is 213 cm³/mol. The van der Waals surface area contributed by atoms with Gasteiger partial charge >= 0.3 is 0 Å². The molecule has 53 heavy (non-hydrogen) atoms. The molecule has 0 radical (unpaired) electrons. The van der Waals surface area contributed by atoms with Crippen LogP contribution in [0.1, 0.15) is 92.2 Å². The van der Waals surface area contributed by atoms with Crippen molar-refractivity contribution in [1.82, 2.24) is 9.80 Å². The van der Waals surface area contributed by atoms with E-state index in [-0.39, 0.29) is 46.3 Å². The first-order valence-electron chi connectivity index (χ1n) is 19.2. The first kappa shape index (κ1) is 39.5. The molecule has 2 saturated heterocycles. The van der Waals surface area contributed by atoms with E-state index in [4.69, 9.17) is 0 Å². The summed E-state index contributed by atoms with van der Waals surface area (Å²) in [5, 5.41) is 6.12. The van der Waals surface area contributed by atoms with Crippen LogP contribution in [0.5, 0.6) is 0 Å². The summed E-state index contributed by atoms with van der Waals surface area (Å²) in [6.45, 7) is 18.8. The van der Waals surface area contributed by atoms with Crippen LogP contribution in [0.25, 0.3) is 0 Å². The van der Waals surface area contributed by atoms with Gasteiger partial charge in [-0.25, -0.2) is 0 Å². The molecule has 3 aromatic carbocycles. The second kappa shape index (κ2) is 16.6. The Balaban J connectivity index is 1.21. The molecule has 3 aromatic rings. The Hall–Kier alpha value is -4.66. The molecule has 0 aromatic heterocycles. The standard InChI is InChI=1S/C44H59N5O4/c1-30(43(3,4)5)41(52)48-26-12-16-37(48)39(50)45-34-22-18-32(19-23-34)28-47(36-14-10-9-11-15-36)29-33-20-24-35(25-21-33)46-40(51)38-17-13-27-49(38)42(53)31(2)44(6,7)8/h9-11,14-15,18-25,30-31,37-38H,12-13,16-17,26-29H2,1-8H3,(H,45,50)(H,46,51). The average Bonchev–Trinajstić information content (AvgIpc) is 3.82. The molecule has 9 heteroatoms. The minimum atomic E-state index is -0.455. The molecule has 4 atom stereocenters. The Morgan fingerprint density at radius 2 is 1.00 bits per heavy atom. The summed E-state index contributed by atoms with van der Waals surface area (Å²) < 4.78 is 0. The second-order valence-corrected chi connectivity index (χ2v) is 17.1. The Kier molecular flexibility index (Phi) is 12.4. The second-order valence-electron chi connectivity index (χ2n) is 17.1. The first-order valence-corrected chi connectivity index (χ1v) is 19.2. The summed E-state index contributed by atoms with van der Waals surface area (Å²) in [5.74, 6) is -0.537. The van der Waals surface area contributed by atoms with Crippen molar-refractivity contribution in [3.05, 3.63) is 90.0 Å². The molecule has 9 nitrogen and oxygen atoms in total. The highest BCUT2D eigenvalue weighted by atomic mass is 16.2. The molecular weight excluding hydrogens is 663 g/mol. The summed E-state index contributed by atoms with van der Waals surface area (Å²) in [6, 6.07) is 25.2. The van der Waals surface area contributed by atoms with Gasteiger partial charge in [-0.2, -0.15) is 0 Å². The van der Waals surface area contributed by atoms with Crippen molar-refractivity contribution in [3.8, 4) is 0 Å². The van der Waals surface area contributed by atoms with Gasteiger partial charge in [-0.1, -0.05) is 97.9 Å². The number of para-hydroxylation sites is 1. The fourth-order valence-electron chi connectivity index (χ4n) is 7.00. The van der Waals surface area contributed by atoms with Crippen molar-refractivity contribution >= 4 is 40.7 Å². The third-order valence-electron chi connectivity index (χ3n) is 11.3. The SMILES string of the molecule is CC(C(=O)N1CCCC1C(=O)Nc1ccc(CN(Cc2ccc(NC(=O)C3CCCN3C(=O)C(C)C(C)(C)C)cc2)c2ccccc2)cc1)C(C)(C)C. The number of amides is 4. The van der Waals surface area contributed by atoms with E-state index in [2.05, 4.69) is 69.2 Å². The third kappa shape index (κ3) is 9.86. The number of anilines is 3. The zero-order valence-electron chi connectivity index (χ0n) is 32.9. The molecule has 5 rings (SSSR count). The lowest BCUT2D eigenvalue weighted by atomic mass is 9.81. The molecule has 0 aliphatic carbocycles. The van der Waals surface area contributed by atoms with E-state index in [1.54, 1.807) is 9.80 Å². The van der Waals surface area contributed by atoms with Gasteiger partial charge in [-0.05, 0) is 84.0 Å². The van der Waals surface area contributed by atoms with Crippen molar-refractivity contribution in [3.63, 3.8) is 0 Å². The zero-order valence-corrected chi connectivity index (χ0v) is 32.9. The van der Waals surface area contributed by atoms with Gasteiger partial charge in [-0.15, -0.1) is 0 Å². The van der Waals surface area contributed by atoms with Crippen LogP contribution in [0, 0.1) is 22.7 Å². The van der Waals surface area contributed by atoms with E-state index >= 15 is 0 Å². The number of nitrogens with one attached hydrogen (secondary N) is 2. The van der Waals surface area contributed by atoms with Gasteiger partial charge in [0.25, 0.3) is 0 Å². The van der Waals surface area contributed by atoms with Crippen molar-refractivity contribution in [2.24, 2.45) is 22.7 Å². The molecule has 2 heterocycles. The normalized spacial score (nSPS) is 18.7. The fraction of sp³-hybridized carbons (Fsp3) is 0.500. The summed E-state index contributed by atoms with van der Waals surface area (Å²) in [5.41, 5.74) is 4.33. The Labute approximate surface area is 316 Å². The maximum absolute atomic E-state index is 13.3. The van der Waals surface area contributed by atoms with Crippen molar-refractivity contribution in [1.29, 1.82) is 0 Å². The van der Waals surface area contributed by atoms with Gasteiger partial charge in [-0.3, -0.25) is 19.2 Å². The van der Waals surface area contributed by atoms with E-state index in [1.807, 2.05) is 80.6 Å². The number of likely N-dealkylation sites (tertiary alicyclic amines) is 2. The molecule has 0 bridgehead atoms. The van der Waals surface area contributed by atoms with Crippen molar-refractivity contribution in [2.75, 3.05) is 28.6 Å². The van der Waals surface area contributed by atoms with Crippen LogP contribution in [0.2, 0.25) is 0 Å². The smallest absolute Gasteiger partial charge is 0.247 e. The minimum Gasteiger partial charge on any atom is -0.363 e. The van der Waals surface area contributed by atoms with Crippen LogP contribution >= 0.6 is 0 Å². The van der Waals surface area contributed by atoms with Crippen LogP contribution in [-0.4, -0.2) is 58.6 Å². The van der Waals surface area contributed by atoms with E-state index in [0.717, 1.165) is 29.7 Å². The number of benzene rings is 3. The lowest BCUT2D eigenvalue weighted by Gasteiger charge is -2.32.